The number of aromatic amines is 1. The molecule has 4 aromatic rings. The average molecular weight is 378 g/mol. The molecule has 142 valence electrons. The van der Waals surface area contributed by atoms with Gasteiger partial charge in [0.2, 0.25) is 0 Å². The lowest BCUT2D eigenvalue weighted by molar-refractivity contribution is 0.102. The van der Waals surface area contributed by atoms with Crippen LogP contribution in [0.1, 0.15) is 35.1 Å². The van der Waals surface area contributed by atoms with E-state index in [2.05, 4.69) is 25.6 Å². The van der Waals surface area contributed by atoms with Gasteiger partial charge in [-0.05, 0) is 43.2 Å². The van der Waals surface area contributed by atoms with Crippen molar-refractivity contribution in [3.05, 3.63) is 65.5 Å². The summed E-state index contributed by atoms with van der Waals surface area (Å²) >= 11 is 0. The van der Waals surface area contributed by atoms with Gasteiger partial charge in [0.05, 0.1) is 22.8 Å². The number of amides is 1. The van der Waals surface area contributed by atoms with E-state index in [0.717, 1.165) is 12.8 Å². The molecule has 0 radical (unpaired) electrons. The number of aromatic nitrogens is 5. The van der Waals surface area contributed by atoms with E-state index < -0.39 is 5.82 Å². The summed E-state index contributed by atoms with van der Waals surface area (Å²) in [7, 11) is 0. The molecule has 3 heterocycles. The van der Waals surface area contributed by atoms with Gasteiger partial charge in [-0.3, -0.25) is 4.79 Å². The van der Waals surface area contributed by atoms with E-state index >= 15 is 0 Å². The number of rotatable bonds is 5. The zero-order chi connectivity index (χ0) is 19.7. The first-order valence-corrected chi connectivity index (χ1v) is 9.02. The Balaban J connectivity index is 1.66. The number of halogens is 1. The second-order valence-electron chi connectivity index (χ2n) is 6.56. The Morgan fingerprint density at radius 2 is 2.14 bits per heavy atom. The van der Waals surface area contributed by atoms with Crippen molar-refractivity contribution in [2.24, 2.45) is 0 Å². The van der Waals surface area contributed by atoms with Crippen LogP contribution in [0.25, 0.3) is 16.9 Å². The number of benzene rings is 1. The monoisotopic (exact) mass is 378 g/mol. The summed E-state index contributed by atoms with van der Waals surface area (Å²) in [6.07, 6.45) is 4.92. The maximum atomic E-state index is 14.5. The number of anilines is 1. The van der Waals surface area contributed by atoms with Crippen molar-refractivity contribution >= 4 is 17.1 Å². The van der Waals surface area contributed by atoms with E-state index in [4.69, 9.17) is 0 Å². The molecule has 3 aromatic heterocycles. The fourth-order valence-corrected chi connectivity index (χ4v) is 3.06. The van der Waals surface area contributed by atoms with Gasteiger partial charge >= 0.3 is 0 Å². The van der Waals surface area contributed by atoms with E-state index in [-0.39, 0.29) is 11.5 Å². The smallest absolute Gasteiger partial charge is 0.259 e. The van der Waals surface area contributed by atoms with E-state index in [1.165, 1.54) is 12.3 Å². The minimum atomic E-state index is -0.425. The van der Waals surface area contributed by atoms with E-state index in [9.17, 15) is 9.18 Å². The third kappa shape index (κ3) is 3.24. The van der Waals surface area contributed by atoms with Crippen LogP contribution in [-0.2, 0) is 6.42 Å². The number of carbonyl (C=O) groups excluding carboxylic acids is 1. The summed E-state index contributed by atoms with van der Waals surface area (Å²) < 4.78 is 16.1. The Hall–Kier alpha value is -3.55. The lowest BCUT2D eigenvalue weighted by Gasteiger charge is -2.10. The quantitative estimate of drug-likeness (QED) is 0.553. The van der Waals surface area contributed by atoms with Crippen molar-refractivity contribution in [3.63, 3.8) is 0 Å². The maximum absolute atomic E-state index is 14.5. The Labute approximate surface area is 160 Å². The number of carbonyl (C=O) groups is 1. The average Bonchev–Trinajstić information content (AvgIpc) is 3.31. The molecular formula is C20H19FN6O. The largest absolute Gasteiger partial charge is 0.325 e. The first-order valence-electron chi connectivity index (χ1n) is 9.02. The summed E-state index contributed by atoms with van der Waals surface area (Å²) in [5, 5.41) is 15.1. The van der Waals surface area contributed by atoms with Crippen LogP contribution < -0.4 is 5.32 Å². The number of nitrogens with zero attached hydrogens (tertiary/aromatic N) is 4. The minimum absolute atomic E-state index is 0.260. The molecule has 0 aliphatic rings. The topological polar surface area (TPSA) is 88.0 Å². The van der Waals surface area contributed by atoms with Crippen molar-refractivity contribution in [2.75, 3.05) is 5.32 Å². The SMILES string of the molecule is CCCc1nnc(-c2cc(NC(=O)c3cnn4ccccc34)c(C)cc2F)[nH]1. The van der Waals surface area contributed by atoms with Crippen molar-refractivity contribution in [1.29, 1.82) is 0 Å². The molecule has 1 amide bonds. The van der Waals surface area contributed by atoms with Gasteiger partial charge in [-0.1, -0.05) is 13.0 Å². The predicted molar refractivity (Wildman–Crippen MR) is 104 cm³/mol. The Morgan fingerprint density at radius 3 is 2.96 bits per heavy atom. The third-order valence-corrected chi connectivity index (χ3v) is 4.51. The van der Waals surface area contributed by atoms with Gasteiger partial charge in [0, 0.05) is 18.3 Å². The molecule has 2 N–H and O–H groups in total. The molecule has 8 heteroatoms. The number of H-pyrrole nitrogens is 1. The molecule has 7 nitrogen and oxygen atoms in total. The minimum Gasteiger partial charge on any atom is -0.325 e. The van der Waals surface area contributed by atoms with E-state index in [1.807, 2.05) is 25.1 Å². The number of hydrogen-bond acceptors (Lipinski definition) is 4. The third-order valence-electron chi connectivity index (χ3n) is 4.51. The standard InChI is InChI=1S/C20H19FN6O/c1-3-6-18-24-19(26-25-18)13-10-16(12(2)9-15(13)21)23-20(28)14-11-22-27-8-5-4-7-17(14)27/h4-5,7-11H,3,6H2,1-2H3,(H,23,28)(H,24,25,26). The first kappa shape index (κ1) is 17.8. The second kappa shape index (κ2) is 7.22. The number of fused-ring (bicyclic) bond motifs is 1. The highest BCUT2D eigenvalue weighted by molar-refractivity contribution is 6.09. The number of pyridine rings is 1. The molecule has 4 rings (SSSR count). The highest BCUT2D eigenvalue weighted by Gasteiger charge is 2.17. The fraction of sp³-hybridized carbons (Fsp3) is 0.200. The molecule has 0 saturated heterocycles. The summed E-state index contributed by atoms with van der Waals surface area (Å²) in [5.74, 6) is 0.304. The lowest BCUT2D eigenvalue weighted by Crippen LogP contribution is -2.13. The van der Waals surface area contributed by atoms with Crippen molar-refractivity contribution < 1.29 is 9.18 Å². The van der Waals surface area contributed by atoms with Crippen LogP contribution in [0.3, 0.4) is 0 Å². The van der Waals surface area contributed by atoms with Crippen LogP contribution in [0.2, 0.25) is 0 Å². The van der Waals surface area contributed by atoms with Gasteiger partial charge in [0.25, 0.3) is 5.91 Å². The van der Waals surface area contributed by atoms with E-state index in [0.29, 0.717) is 34.0 Å². The van der Waals surface area contributed by atoms with Crippen LogP contribution in [0, 0.1) is 12.7 Å². The molecule has 0 atom stereocenters. The van der Waals surface area contributed by atoms with Crippen molar-refractivity contribution in [2.45, 2.75) is 26.7 Å². The van der Waals surface area contributed by atoms with Crippen molar-refractivity contribution in [3.8, 4) is 11.4 Å². The molecule has 0 spiro atoms. The van der Waals surface area contributed by atoms with Gasteiger partial charge in [0.1, 0.15) is 11.6 Å². The van der Waals surface area contributed by atoms with Gasteiger partial charge in [-0.2, -0.15) is 5.10 Å². The van der Waals surface area contributed by atoms with Gasteiger partial charge < -0.3 is 10.3 Å². The van der Waals surface area contributed by atoms with Crippen LogP contribution in [0.15, 0.2) is 42.7 Å². The molecule has 28 heavy (non-hydrogen) atoms. The molecule has 0 unspecified atom stereocenters. The zero-order valence-corrected chi connectivity index (χ0v) is 15.5. The number of nitrogens with one attached hydrogen (secondary N) is 2. The normalized spacial score (nSPS) is 11.1. The molecule has 0 aliphatic heterocycles. The fourth-order valence-electron chi connectivity index (χ4n) is 3.06. The Morgan fingerprint density at radius 1 is 1.29 bits per heavy atom. The Kier molecular flexibility index (Phi) is 4.60. The summed E-state index contributed by atoms with van der Waals surface area (Å²) in [6.45, 7) is 3.77. The molecule has 0 bridgehead atoms. The highest BCUT2D eigenvalue weighted by atomic mass is 19.1. The van der Waals surface area contributed by atoms with Gasteiger partial charge in [-0.25, -0.2) is 8.91 Å². The van der Waals surface area contributed by atoms with E-state index in [1.54, 1.807) is 23.7 Å². The maximum Gasteiger partial charge on any atom is 0.259 e. The molecule has 0 fully saturated rings. The molecule has 1 aromatic carbocycles. The van der Waals surface area contributed by atoms with Crippen LogP contribution >= 0.6 is 0 Å². The second-order valence-corrected chi connectivity index (χ2v) is 6.56. The Bertz CT molecular complexity index is 1160. The summed E-state index contributed by atoms with van der Waals surface area (Å²) in [6, 6.07) is 8.44. The van der Waals surface area contributed by atoms with Crippen molar-refractivity contribution in [1.82, 2.24) is 24.8 Å². The summed E-state index contributed by atoms with van der Waals surface area (Å²) in [5.41, 5.74) is 2.51. The van der Waals surface area contributed by atoms with Crippen LogP contribution in [-0.4, -0.2) is 30.7 Å². The van der Waals surface area contributed by atoms with Gasteiger partial charge in [0.15, 0.2) is 5.82 Å². The number of hydrogen-bond donors (Lipinski definition) is 2. The highest BCUT2D eigenvalue weighted by Crippen LogP contribution is 2.27. The molecule has 0 aliphatic carbocycles. The number of aryl methyl sites for hydroxylation is 2. The molecule has 0 saturated carbocycles. The van der Waals surface area contributed by atoms with Crippen LogP contribution in [0.4, 0.5) is 10.1 Å². The van der Waals surface area contributed by atoms with Crippen LogP contribution in [0.5, 0.6) is 0 Å². The first-order chi connectivity index (χ1) is 13.6. The lowest BCUT2D eigenvalue weighted by atomic mass is 10.1. The summed E-state index contributed by atoms with van der Waals surface area (Å²) in [4.78, 5) is 15.8. The zero-order valence-electron chi connectivity index (χ0n) is 15.5. The van der Waals surface area contributed by atoms with Gasteiger partial charge in [-0.15, -0.1) is 10.2 Å². The molecular weight excluding hydrogens is 359 g/mol. The predicted octanol–water partition coefficient (Wildman–Crippen LogP) is 3.77.